The van der Waals surface area contributed by atoms with E-state index in [0.717, 1.165) is 22.3 Å². The van der Waals surface area contributed by atoms with Crippen LogP contribution >= 0.6 is 11.8 Å². The Morgan fingerprint density at radius 2 is 1.62 bits per heavy atom. The molecule has 0 radical (unpaired) electrons. The lowest BCUT2D eigenvalue weighted by Gasteiger charge is -2.34. The van der Waals surface area contributed by atoms with Gasteiger partial charge in [0.05, 0.1) is 0 Å². The number of fused-ring (bicyclic) bond motifs is 3. The Morgan fingerprint density at radius 1 is 1.06 bits per heavy atom. The summed E-state index contributed by atoms with van der Waals surface area (Å²) in [5, 5.41) is 12.0. The van der Waals surface area contributed by atoms with Gasteiger partial charge in [0.15, 0.2) is 0 Å². The van der Waals surface area contributed by atoms with E-state index in [2.05, 4.69) is 17.4 Å². The summed E-state index contributed by atoms with van der Waals surface area (Å²) < 4.78 is 5.62. The molecule has 1 aliphatic carbocycles. The molecule has 182 valence electrons. The van der Waals surface area contributed by atoms with Crippen LogP contribution in [0.2, 0.25) is 0 Å². The second kappa shape index (κ2) is 11.0. The zero-order valence-corrected chi connectivity index (χ0v) is 20.9. The monoisotopic (exact) mass is 484 g/mol. The van der Waals surface area contributed by atoms with E-state index < -0.39 is 36.0 Å². The quantitative estimate of drug-likeness (QED) is 0.553. The van der Waals surface area contributed by atoms with Crippen molar-refractivity contribution in [2.75, 3.05) is 31.7 Å². The van der Waals surface area contributed by atoms with Crippen molar-refractivity contribution in [2.45, 2.75) is 32.7 Å². The van der Waals surface area contributed by atoms with Gasteiger partial charge in [0.2, 0.25) is 5.91 Å². The van der Waals surface area contributed by atoms with E-state index in [0.29, 0.717) is 5.75 Å². The van der Waals surface area contributed by atoms with Crippen LogP contribution in [-0.2, 0) is 14.3 Å². The van der Waals surface area contributed by atoms with Gasteiger partial charge < -0.3 is 20.1 Å². The largest absolute Gasteiger partial charge is 0.480 e. The summed E-state index contributed by atoms with van der Waals surface area (Å²) in [6.45, 7) is 5.48. The Kier molecular flexibility index (Phi) is 8.25. The number of hydrogen-bond acceptors (Lipinski definition) is 5. The lowest BCUT2D eigenvalue weighted by Crippen LogP contribution is -2.56. The van der Waals surface area contributed by atoms with Gasteiger partial charge in [0, 0.05) is 18.2 Å². The first-order valence-corrected chi connectivity index (χ1v) is 12.6. The molecule has 0 aromatic heterocycles. The number of amides is 2. The van der Waals surface area contributed by atoms with Crippen LogP contribution in [0.1, 0.15) is 37.8 Å². The molecule has 8 heteroatoms. The van der Waals surface area contributed by atoms with Crippen LogP contribution in [0, 0.1) is 5.41 Å². The Bertz CT molecular complexity index is 1000. The fraction of sp³-hybridized carbons (Fsp3) is 0.423. The van der Waals surface area contributed by atoms with Crippen molar-refractivity contribution >= 4 is 29.7 Å². The van der Waals surface area contributed by atoms with Crippen molar-refractivity contribution in [2.24, 2.45) is 5.41 Å². The van der Waals surface area contributed by atoms with E-state index in [-0.39, 0.29) is 19.1 Å². The molecule has 0 unspecified atom stereocenters. The molecule has 0 fully saturated rings. The summed E-state index contributed by atoms with van der Waals surface area (Å²) in [4.78, 5) is 38.6. The molecule has 1 aliphatic rings. The number of aliphatic carboxylic acids is 1. The van der Waals surface area contributed by atoms with E-state index in [1.807, 2.05) is 63.4 Å². The Labute approximate surface area is 204 Å². The van der Waals surface area contributed by atoms with E-state index in [1.54, 1.807) is 0 Å². The number of nitrogens with zero attached hydrogens (tertiary/aromatic N) is 1. The highest BCUT2D eigenvalue weighted by Gasteiger charge is 2.37. The number of thioether (sulfide) groups is 1. The molecule has 0 spiro atoms. The minimum atomic E-state index is -1.09. The van der Waals surface area contributed by atoms with E-state index in [9.17, 15) is 19.5 Å². The van der Waals surface area contributed by atoms with Crippen LogP contribution in [0.5, 0.6) is 0 Å². The van der Waals surface area contributed by atoms with Crippen molar-refractivity contribution in [1.29, 1.82) is 0 Å². The van der Waals surface area contributed by atoms with Crippen molar-refractivity contribution in [3.8, 4) is 11.1 Å². The smallest absolute Gasteiger partial charge is 0.407 e. The summed E-state index contributed by atoms with van der Waals surface area (Å²) in [6, 6.07) is 15.2. The van der Waals surface area contributed by atoms with E-state index >= 15 is 0 Å². The first kappa shape index (κ1) is 25.6. The molecule has 0 bridgehead atoms. The molecule has 0 heterocycles. The number of carboxylic acids is 1. The summed E-state index contributed by atoms with van der Waals surface area (Å²) in [5.74, 6) is -1.02. The lowest BCUT2D eigenvalue weighted by atomic mass is 9.86. The van der Waals surface area contributed by atoms with Crippen molar-refractivity contribution < 1.29 is 24.2 Å². The Hall–Kier alpha value is -3.00. The van der Waals surface area contributed by atoms with Crippen LogP contribution in [-0.4, -0.2) is 65.7 Å². The predicted octanol–water partition coefficient (Wildman–Crippen LogP) is 4.22. The summed E-state index contributed by atoms with van der Waals surface area (Å²) >= 11 is 1.52. The topological polar surface area (TPSA) is 95.9 Å². The standard InChI is InChI=1S/C26H32N2O5S/c1-26(2,3)23(24(31)28(13-14-34-4)15-22(29)30)27-25(32)33-16-21-19-11-7-5-9-17(19)18-10-6-8-12-20(18)21/h5-12,21,23H,13-16H2,1-4H3,(H,27,32)(H,29,30)/t23-/m0/s1. The van der Waals surface area contributed by atoms with Gasteiger partial charge in [-0.1, -0.05) is 69.3 Å². The van der Waals surface area contributed by atoms with Gasteiger partial charge in [-0.05, 0) is 33.9 Å². The van der Waals surface area contributed by atoms with Crippen LogP contribution in [0.15, 0.2) is 48.5 Å². The van der Waals surface area contributed by atoms with Gasteiger partial charge >= 0.3 is 12.1 Å². The van der Waals surface area contributed by atoms with Gasteiger partial charge in [0.25, 0.3) is 0 Å². The fourth-order valence-corrected chi connectivity index (χ4v) is 4.62. The first-order valence-electron chi connectivity index (χ1n) is 11.2. The third-order valence-corrected chi connectivity index (χ3v) is 6.51. The highest BCUT2D eigenvalue weighted by Crippen LogP contribution is 2.44. The molecule has 7 nitrogen and oxygen atoms in total. The average molecular weight is 485 g/mol. The molecular weight excluding hydrogens is 452 g/mol. The molecule has 0 saturated heterocycles. The van der Waals surface area contributed by atoms with Crippen LogP contribution < -0.4 is 5.32 Å². The minimum absolute atomic E-state index is 0.0907. The Morgan fingerprint density at radius 3 is 2.12 bits per heavy atom. The molecule has 3 rings (SSSR count). The number of carboxylic acid groups (broad SMARTS) is 1. The van der Waals surface area contributed by atoms with Crippen LogP contribution in [0.25, 0.3) is 11.1 Å². The molecular formula is C26H32N2O5S. The molecule has 2 aromatic carbocycles. The summed E-state index contributed by atoms with van der Waals surface area (Å²) in [7, 11) is 0. The van der Waals surface area contributed by atoms with Crippen LogP contribution in [0.3, 0.4) is 0 Å². The Balaban J connectivity index is 1.72. The molecule has 34 heavy (non-hydrogen) atoms. The van der Waals surface area contributed by atoms with Crippen molar-refractivity contribution in [3.63, 3.8) is 0 Å². The maximum atomic E-state index is 13.2. The number of carbonyl (C=O) groups excluding carboxylic acids is 2. The molecule has 2 aromatic rings. The third kappa shape index (κ3) is 5.91. The predicted molar refractivity (Wildman–Crippen MR) is 134 cm³/mol. The van der Waals surface area contributed by atoms with Gasteiger partial charge in [-0.15, -0.1) is 0 Å². The highest BCUT2D eigenvalue weighted by molar-refractivity contribution is 7.98. The maximum Gasteiger partial charge on any atom is 0.407 e. The van der Waals surface area contributed by atoms with Crippen molar-refractivity contribution in [3.05, 3.63) is 59.7 Å². The number of hydrogen-bond donors (Lipinski definition) is 2. The van der Waals surface area contributed by atoms with E-state index in [4.69, 9.17) is 4.74 Å². The van der Waals surface area contributed by atoms with Gasteiger partial charge in [-0.3, -0.25) is 9.59 Å². The number of rotatable bonds is 9. The van der Waals surface area contributed by atoms with E-state index in [1.165, 1.54) is 16.7 Å². The third-order valence-electron chi connectivity index (χ3n) is 5.92. The zero-order chi connectivity index (χ0) is 24.9. The minimum Gasteiger partial charge on any atom is -0.480 e. The molecule has 2 N–H and O–H groups in total. The molecule has 0 aliphatic heterocycles. The zero-order valence-electron chi connectivity index (χ0n) is 20.0. The normalized spacial score (nSPS) is 13.5. The number of carbonyl (C=O) groups is 3. The van der Waals surface area contributed by atoms with Gasteiger partial charge in [0.1, 0.15) is 19.2 Å². The van der Waals surface area contributed by atoms with Crippen molar-refractivity contribution in [1.82, 2.24) is 10.2 Å². The number of alkyl carbamates (subject to hydrolysis) is 1. The van der Waals surface area contributed by atoms with Gasteiger partial charge in [-0.25, -0.2) is 4.79 Å². The number of nitrogens with one attached hydrogen (secondary N) is 1. The van der Waals surface area contributed by atoms with Crippen LogP contribution in [0.4, 0.5) is 4.79 Å². The molecule has 1 atom stereocenters. The fourth-order valence-electron chi connectivity index (χ4n) is 4.22. The summed E-state index contributed by atoms with van der Waals surface area (Å²) in [5.41, 5.74) is 3.83. The lowest BCUT2D eigenvalue weighted by molar-refractivity contribution is -0.146. The SMILES string of the molecule is CSCCN(CC(=O)O)C(=O)[C@H](NC(=O)OCC1c2ccccc2-c2ccccc21)C(C)(C)C. The highest BCUT2D eigenvalue weighted by atomic mass is 32.2. The summed E-state index contributed by atoms with van der Waals surface area (Å²) in [6.07, 6.45) is 1.19. The number of benzene rings is 2. The van der Waals surface area contributed by atoms with Gasteiger partial charge in [-0.2, -0.15) is 11.8 Å². The second-order valence-corrected chi connectivity index (χ2v) is 10.4. The maximum absolute atomic E-state index is 13.2. The second-order valence-electron chi connectivity index (χ2n) is 9.42. The number of ether oxygens (including phenoxy) is 1. The first-order chi connectivity index (χ1) is 16.1. The average Bonchev–Trinajstić information content (AvgIpc) is 3.11. The molecule has 2 amide bonds. The molecule has 0 saturated carbocycles.